The average Bonchev–Trinajstić information content (AvgIpc) is 3.17. The fraction of sp³-hybridized carbons (Fsp3) is 0.375. The molecule has 4 rings (SSSR count). The molecule has 4 heterocycles. The highest BCUT2D eigenvalue weighted by Gasteiger charge is 2.23. The van der Waals surface area contributed by atoms with E-state index in [0.717, 1.165) is 37.4 Å². The van der Waals surface area contributed by atoms with E-state index in [1.165, 1.54) is 0 Å². The molecule has 1 fully saturated rings. The number of anilines is 1. The molecule has 0 aliphatic carbocycles. The van der Waals surface area contributed by atoms with E-state index in [1.807, 2.05) is 28.7 Å². The van der Waals surface area contributed by atoms with Crippen molar-refractivity contribution in [2.45, 2.75) is 6.42 Å². The molecule has 1 saturated heterocycles. The molecular weight excluding hydrogens is 306 g/mol. The van der Waals surface area contributed by atoms with Crippen LogP contribution in [0, 0.1) is 0 Å². The van der Waals surface area contributed by atoms with E-state index in [9.17, 15) is 4.79 Å². The lowest BCUT2D eigenvalue weighted by atomic mass is 10.3. The fourth-order valence-corrected chi connectivity index (χ4v) is 3.11. The van der Waals surface area contributed by atoms with Gasteiger partial charge in [-0.3, -0.25) is 9.48 Å². The van der Waals surface area contributed by atoms with Crippen LogP contribution in [0.4, 0.5) is 5.82 Å². The lowest BCUT2D eigenvalue weighted by Gasteiger charge is -2.23. The molecule has 124 valence electrons. The predicted octanol–water partition coefficient (Wildman–Crippen LogP) is 0.815. The summed E-state index contributed by atoms with van der Waals surface area (Å²) in [5.74, 6) is 0.912. The van der Waals surface area contributed by atoms with Gasteiger partial charge in [0.15, 0.2) is 5.82 Å². The Labute approximate surface area is 139 Å². The van der Waals surface area contributed by atoms with E-state index >= 15 is 0 Å². The number of nitrogens with zero attached hydrogens (tertiary/aromatic N) is 7. The predicted molar refractivity (Wildman–Crippen MR) is 88.9 cm³/mol. The van der Waals surface area contributed by atoms with Crippen LogP contribution in [0.3, 0.4) is 0 Å². The van der Waals surface area contributed by atoms with Crippen molar-refractivity contribution < 1.29 is 4.79 Å². The molecule has 8 heteroatoms. The van der Waals surface area contributed by atoms with E-state index in [4.69, 9.17) is 0 Å². The molecule has 3 aromatic rings. The molecular formula is C16H19N7O. The van der Waals surface area contributed by atoms with Crippen LogP contribution < -0.4 is 4.90 Å². The highest BCUT2D eigenvalue weighted by Crippen LogP contribution is 2.20. The molecule has 1 aliphatic rings. The van der Waals surface area contributed by atoms with Gasteiger partial charge in [0.2, 0.25) is 0 Å². The van der Waals surface area contributed by atoms with Gasteiger partial charge in [-0.25, -0.2) is 9.50 Å². The van der Waals surface area contributed by atoms with Gasteiger partial charge >= 0.3 is 0 Å². The first-order valence-electron chi connectivity index (χ1n) is 8.04. The Balaban J connectivity index is 1.52. The van der Waals surface area contributed by atoms with Gasteiger partial charge in [-0.05, 0) is 18.6 Å². The van der Waals surface area contributed by atoms with Gasteiger partial charge in [-0.1, -0.05) is 0 Å². The van der Waals surface area contributed by atoms with Crippen LogP contribution in [0.2, 0.25) is 0 Å². The minimum Gasteiger partial charge on any atom is -0.353 e. The molecule has 24 heavy (non-hydrogen) atoms. The Morgan fingerprint density at radius 1 is 1.08 bits per heavy atom. The third-order valence-electron chi connectivity index (χ3n) is 4.32. The summed E-state index contributed by atoms with van der Waals surface area (Å²) in [7, 11) is 1.82. The maximum Gasteiger partial charge on any atom is 0.274 e. The molecule has 0 aromatic carbocycles. The average molecular weight is 325 g/mol. The van der Waals surface area contributed by atoms with Gasteiger partial charge in [0.25, 0.3) is 5.91 Å². The normalized spacial score (nSPS) is 15.7. The molecule has 1 aliphatic heterocycles. The van der Waals surface area contributed by atoms with E-state index in [2.05, 4.69) is 20.1 Å². The number of rotatable bonds is 2. The van der Waals surface area contributed by atoms with Crippen LogP contribution in [-0.4, -0.2) is 61.4 Å². The first-order chi connectivity index (χ1) is 11.7. The van der Waals surface area contributed by atoms with Gasteiger partial charge in [-0.2, -0.15) is 10.2 Å². The molecule has 0 N–H and O–H groups in total. The van der Waals surface area contributed by atoms with Gasteiger partial charge < -0.3 is 9.80 Å². The third-order valence-corrected chi connectivity index (χ3v) is 4.32. The van der Waals surface area contributed by atoms with Gasteiger partial charge in [-0.15, -0.1) is 0 Å². The van der Waals surface area contributed by atoms with Crippen LogP contribution in [-0.2, 0) is 7.05 Å². The lowest BCUT2D eigenvalue weighted by Crippen LogP contribution is -2.35. The van der Waals surface area contributed by atoms with Crippen molar-refractivity contribution in [2.24, 2.45) is 7.05 Å². The van der Waals surface area contributed by atoms with Crippen molar-refractivity contribution in [3.05, 3.63) is 42.6 Å². The summed E-state index contributed by atoms with van der Waals surface area (Å²) in [6, 6.07) is 3.73. The van der Waals surface area contributed by atoms with Crippen molar-refractivity contribution in [1.82, 2.24) is 29.3 Å². The second-order valence-corrected chi connectivity index (χ2v) is 5.92. The summed E-state index contributed by atoms with van der Waals surface area (Å²) in [6.45, 7) is 3.00. The maximum absolute atomic E-state index is 12.6. The second kappa shape index (κ2) is 5.95. The SMILES string of the molecule is Cn1ccc(C(=O)N2CCCN(c3nccn4nccc34)CC2)n1. The van der Waals surface area contributed by atoms with Crippen LogP contribution in [0.5, 0.6) is 0 Å². The Bertz CT molecular complexity index is 868. The molecule has 0 bridgehead atoms. The van der Waals surface area contributed by atoms with Crippen LogP contribution in [0.1, 0.15) is 16.9 Å². The second-order valence-electron chi connectivity index (χ2n) is 5.92. The molecule has 0 atom stereocenters. The monoisotopic (exact) mass is 325 g/mol. The molecule has 0 saturated carbocycles. The number of hydrogen-bond acceptors (Lipinski definition) is 5. The highest BCUT2D eigenvalue weighted by atomic mass is 16.2. The van der Waals surface area contributed by atoms with Gasteiger partial charge in [0.05, 0.1) is 6.20 Å². The van der Waals surface area contributed by atoms with Crippen molar-refractivity contribution >= 4 is 17.2 Å². The summed E-state index contributed by atoms with van der Waals surface area (Å²) in [5, 5.41) is 8.47. The summed E-state index contributed by atoms with van der Waals surface area (Å²) >= 11 is 0. The number of aromatic nitrogens is 5. The topological polar surface area (TPSA) is 71.6 Å². The highest BCUT2D eigenvalue weighted by molar-refractivity contribution is 5.92. The van der Waals surface area contributed by atoms with E-state index in [-0.39, 0.29) is 5.91 Å². The molecule has 1 amide bonds. The number of fused-ring (bicyclic) bond motifs is 1. The number of carbonyl (C=O) groups is 1. The Morgan fingerprint density at radius 2 is 2.00 bits per heavy atom. The summed E-state index contributed by atoms with van der Waals surface area (Å²) in [6.07, 6.45) is 8.07. The van der Waals surface area contributed by atoms with Crippen molar-refractivity contribution in [3.8, 4) is 0 Å². The first kappa shape index (κ1) is 14.7. The molecule has 0 spiro atoms. The molecule has 0 unspecified atom stereocenters. The summed E-state index contributed by atoms with van der Waals surface area (Å²) in [4.78, 5) is 21.2. The Hall–Kier alpha value is -2.90. The largest absolute Gasteiger partial charge is 0.353 e. The Morgan fingerprint density at radius 3 is 2.83 bits per heavy atom. The fourth-order valence-electron chi connectivity index (χ4n) is 3.11. The summed E-state index contributed by atoms with van der Waals surface area (Å²) in [5.41, 5.74) is 1.49. The third kappa shape index (κ3) is 2.60. The van der Waals surface area contributed by atoms with Crippen molar-refractivity contribution in [3.63, 3.8) is 0 Å². The van der Waals surface area contributed by atoms with E-state index in [0.29, 0.717) is 12.2 Å². The smallest absolute Gasteiger partial charge is 0.274 e. The number of amides is 1. The zero-order valence-corrected chi connectivity index (χ0v) is 13.5. The van der Waals surface area contributed by atoms with Crippen LogP contribution in [0.15, 0.2) is 36.9 Å². The Kier molecular flexibility index (Phi) is 3.64. The zero-order valence-electron chi connectivity index (χ0n) is 13.5. The quantitative estimate of drug-likeness (QED) is 0.697. The number of aryl methyl sites for hydroxylation is 1. The van der Waals surface area contributed by atoms with Gasteiger partial charge in [0, 0.05) is 51.8 Å². The van der Waals surface area contributed by atoms with E-state index < -0.39 is 0 Å². The van der Waals surface area contributed by atoms with Crippen LogP contribution in [0.25, 0.3) is 5.52 Å². The molecule has 3 aromatic heterocycles. The summed E-state index contributed by atoms with van der Waals surface area (Å²) < 4.78 is 3.48. The minimum absolute atomic E-state index is 0.00651. The molecule has 8 nitrogen and oxygen atoms in total. The number of hydrogen-bond donors (Lipinski definition) is 0. The van der Waals surface area contributed by atoms with E-state index in [1.54, 1.807) is 29.3 Å². The molecule has 0 radical (unpaired) electrons. The number of carbonyl (C=O) groups excluding carboxylic acids is 1. The van der Waals surface area contributed by atoms with Gasteiger partial charge in [0.1, 0.15) is 11.2 Å². The van der Waals surface area contributed by atoms with Crippen molar-refractivity contribution in [1.29, 1.82) is 0 Å². The first-order valence-corrected chi connectivity index (χ1v) is 8.04. The lowest BCUT2D eigenvalue weighted by molar-refractivity contribution is 0.0760. The van der Waals surface area contributed by atoms with Crippen LogP contribution >= 0.6 is 0 Å². The minimum atomic E-state index is -0.00651. The zero-order chi connectivity index (χ0) is 16.5. The maximum atomic E-state index is 12.6. The van der Waals surface area contributed by atoms with Crippen molar-refractivity contribution in [2.75, 3.05) is 31.1 Å². The standard InChI is InChI=1S/C16H19N7O/c1-20-9-4-13(19-20)16(24)22-8-2-7-21(11-12-22)15-14-3-5-18-23(14)10-6-17-15/h3-6,9-10H,2,7-8,11-12H2,1H3.